The average Bonchev–Trinajstić information content (AvgIpc) is 3.04. The Labute approximate surface area is 259 Å². The van der Waals surface area contributed by atoms with Crippen LogP contribution >= 0.6 is 0 Å². The Kier molecular flexibility index (Phi) is 11.7. The lowest BCUT2D eigenvalue weighted by atomic mass is 9.89. The smallest absolute Gasteiger partial charge is 0.303 e. The molecule has 0 saturated carbocycles. The van der Waals surface area contributed by atoms with Gasteiger partial charge in [0.15, 0.2) is 12.4 Å². The lowest BCUT2D eigenvalue weighted by Gasteiger charge is -2.43. The number of hydrogen-bond acceptors (Lipinski definition) is 8. The normalized spacial score (nSPS) is 22.2. The van der Waals surface area contributed by atoms with Gasteiger partial charge in [-0.1, -0.05) is 85.8 Å². The van der Waals surface area contributed by atoms with Crippen molar-refractivity contribution >= 4 is 11.9 Å². The molecule has 1 aliphatic heterocycles. The topological polar surface area (TPSA) is 118 Å². The fraction of sp³-hybridized carbons (Fsp3) is 0.429. The van der Waals surface area contributed by atoms with Gasteiger partial charge >= 0.3 is 5.97 Å². The second-order valence-corrected chi connectivity index (χ2v) is 11.6. The molecule has 9 nitrogen and oxygen atoms in total. The van der Waals surface area contributed by atoms with E-state index in [1.165, 1.54) is 13.8 Å². The van der Waals surface area contributed by atoms with Crippen LogP contribution < -0.4 is 5.32 Å². The van der Waals surface area contributed by atoms with Crippen molar-refractivity contribution in [3.8, 4) is 0 Å². The van der Waals surface area contributed by atoms with Crippen molar-refractivity contribution in [1.82, 2.24) is 10.2 Å². The van der Waals surface area contributed by atoms with E-state index < -0.39 is 24.5 Å². The van der Waals surface area contributed by atoms with Gasteiger partial charge in [-0.2, -0.15) is 0 Å². The van der Waals surface area contributed by atoms with E-state index in [4.69, 9.17) is 14.2 Å². The van der Waals surface area contributed by atoms with E-state index in [0.29, 0.717) is 6.54 Å². The summed E-state index contributed by atoms with van der Waals surface area (Å²) >= 11 is 0. The number of hydrogen-bond donors (Lipinski definition) is 3. The summed E-state index contributed by atoms with van der Waals surface area (Å²) in [6.07, 6.45) is -2.65. The molecular formula is C35H44N2O7. The predicted octanol–water partition coefficient (Wildman–Crippen LogP) is 4.59. The number of likely N-dealkylation sites (N-methyl/N-ethyl adjacent to an activating group) is 1. The Morgan fingerprint density at radius 1 is 0.932 bits per heavy atom. The number of carbonyl (C=O) groups is 2. The summed E-state index contributed by atoms with van der Waals surface area (Å²) in [6.45, 7) is 7.74. The Morgan fingerprint density at radius 2 is 1.55 bits per heavy atom. The molecule has 7 unspecified atom stereocenters. The lowest BCUT2D eigenvalue weighted by molar-refractivity contribution is -0.276. The van der Waals surface area contributed by atoms with Crippen LogP contribution in [0.1, 0.15) is 74.0 Å². The summed E-state index contributed by atoms with van der Waals surface area (Å²) < 4.78 is 18.1. The molecule has 1 fully saturated rings. The molecule has 1 heterocycles. The van der Waals surface area contributed by atoms with Crippen molar-refractivity contribution in [2.24, 2.45) is 5.92 Å². The van der Waals surface area contributed by atoms with Crippen molar-refractivity contribution in [2.45, 2.75) is 77.6 Å². The van der Waals surface area contributed by atoms with Crippen molar-refractivity contribution < 1.29 is 34.0 Å². The molecule has 0 aliphatic carbocycles. The maximum Gasteiger partial charge on any atom is 0.303 e. The van der Waals surface area contributed by atoms with Crippen LogP contribution in [0.5, 0.6) is 0 Å². The van der Waals surface area contributed by atoms with E-state index in [9.17, 15) is 19.8 Å². The number of carbonyl (C=O) groups excluding carboxylic acids is 2. The third-order valence-corrected chi connectivity index (χ3v) is 8.32. The minimum atomic E-state index is -0.868. The van der Waals surface area contributed by atoms with Crippen LogP contribution in [0.15, 0.2) is 78.9 Å². The minimum Gasteiger partial charge on any atom is -0.453 e. The van der Waals surface area contributed by atoms with Gasteiger partial charge in [0, 0.05) is 37.5 Å². The summed E-state index contributed by atoms with van der Waals surface area (Å²) in [4.78, 5) is 25.5. The van der Waals surface area contributed by atoms with Gasteiger partial charge in [-0.3, -0.25) is 14.5 Å². The molecule has 7 atom stereocenters. The Morgan fingerprint density at radius 3 is 2.16 bits per heavy atom. The van der Waals surface area contributed by atoms with Crippen molar-refractivity contribution in [2.75, 3.05) is 13.6 Å². The molecule has 44 heavy (non-hydrogen) atoms. The quantitative estimate of drug-likeness (QED) is 0.257. The zero-order chi connectivity index (χ0) is 31.8. The number of esters is 1. The van der Waals surface area contributed by atoms with Gasteiger partial charge in [0.05, 0.1) is 24.9 Å². The minimum absolute atomic E-state index is 0.0107. The van der Waals surface area contributed by atoms with Gasteiger partial charge < -0.3 is 29.7 Å². The van der Waals surface area contributed by atoms with E-state index in [0.717, 1.165) is 27.8 Å². The van der Waals surface area contributed by atoms with E-state index in [-0.39, 0.29) is 43.2 Å². The maximum atomic E-state index is 12.2. The van der Waals surface area contributed by atoms with Gasteiger partial charge in [-0.15, -0.1) is 0 Å². The monoisotopic (exact) mass is 604 g/mol. The van der Waals surface area contributed by atoms with E-state index in [2.05, 4.69) is 17.1 Å². The first-order valence-corrected chi connectivity index (χ1v) is 15.0. The standard InChI is InChI=1S/C35H44N2O7/c1-22-31(20-37(5)23(2)32(40)28-9-7-6-8-10-28)43-35(44-33(22)29-15-13-27(21-38)14-16-29)30-17-11-26(12-18-30)19-36-34(41)24(3)42-25(4)39/h6-18,22-24,31-33,35,38,40H,19-21H2,1-5H3,(H,36,41). The van der Waals surface area contributed by atoms with Crippen LogP contribution in [0.2, 0.25) is 0 Å². The highest BCUT2D eigenvalue weighted by Crippen LogP contribution is 2.42. The van der Waals surface area contributed by atoms with Gasteiger partial charge in [-0.05, 0) is 43.1 Å². The summed E-state index contributed by atoms with van der Waals surface area (Å²) in [7, 11) is 1.99. The zero-order valence-electron chi connectivity index (χ0n) is 26.1. The molecule has 236 valence electrons. The molecule has 0 aromatic heterocycles. The molecule has 4 rings (SSSR count). The van der Waals surface area contributed by atoms with Crippen molar-refractivity contribution in [3.63, 3.8) is 0 Å². The number of nitrogens with one attached hydrogen (secondary N) is 1. The lowest BCUT2D eigenvalue weighted by Crippen LogP contribution is -2.46. The number of benzene rings is 3. The largest absolute Gasteiger partial charge is 0.453 e. The van der Waals surface area contributed by atoms with Gasteiger partial charge in [0.1, 0.15) is 0 Å². The zero-order valence-corrected chi connectivity index (χ0v) is 26.1. The first-order valence-electron chi connectivity index (χ1n) is 15.0. The molecule has 9 heteroatoms. The average molecular weight is 605 g/mol. The van der Waals surface area contributed by atoms with E-state index in [1.807, 2.05) is 92.8 Å². The van der Waals surface area contributed by atoms with Gasteiger partial charge in [0.25, 0.3) is 5.91 Å². The van der Waals surface area contributed by atoms with Crippen LogP contribution in [0.4, 0.5) is 0 Å². The first-order chi connectivity index (χ1) is 21.1. The van der Waals surface area contributed by atoms with Crippen LogP contribution in [0.25, 0.3) is 0 Å². The molecule has 1 aliphatic rings. The third kappa shape index (κ3) is 8.52. The van der Waals surface area contributed by atoms with Gasteiger partial charge in [0.2, 0.25) is 0 Å². The van der Waals surface area contributed by atoms with E-state index >= 15 is 0 Å². The molecule has 1 amide bonds. The number of ether oxygens (including phenoxy) is 3. The van der Waals surface area contributed by atoms with Crippen molar-refractivity contribution in [1.29, 1.82) is 0 Å². The van der Waals surface area contributed by atoms with Crippen LogP contribution in [-0.4, -0.2) is 58.8 Å². The molecular weight excluding hydrogens is 560 g/mol. The summed E-state index contributed by atoms with van der Waals surface area (Å²) in [5.41, 5.74) is 4.40. The van der Waals surface area contributed by atoms with E-state index in [1.54, 1.807) is 0 Å². The third-order valence-electron chi connectivity index (χ3n) is 8.32. The Balaban J connectivity index is 1.50. The number of aliphatic hydroxyl groups is 2. The first kappa shape index (κ1) is 33.3. The van der Waals surface area contributed by atoms with Crippen LogP contribution in [0.3, 0.4) is 0 Å². The molecule has 0 spiro atoms. The highest BCUT2D eigenvalue weighted by molar-refractivity contribution is 5.82. The fourth-order valence-corrected chi connectivity index (χ4v) is 5.38. The highest BCUT2D eigenvalue weighted by atomic mass is 16.7. The second kappa shape index (κ2) is 15.4. The summed E-state index contributed by atoms with van der Waals surface area (Å²) in [6, 6.07) is 24.9. The number of rotatable bonds is 12. The SMILES string of the molecule is CC(=O)OC(C)C(=O)NCc1ccc(C2OC(CN(C)C(C)C(O)c3ccccc3)C(C)C(c3ccc(CO)cc3)O2)cc1. The number of aliphatic hydroxyl groups excluding tert-OH is 2. The summed E-state index contributed by atoms with van der Waals surface area (Å²) in [5.74, 6) is -0.887. The van der Waals surface area contributed by atoms with Gasteiger partial charge in [-0.25, -0.2) is 0 Å². The highest BCUT2D eigenvalue weighted by Gasteiger charge is 2.39. The molecule has 1 saturated heterocycles. The summed E-state index contributed by atoms with van der Waals surface area (Å²) in [5, 5.41) is 23.4. The molecule has 0 radical (unpaired) electrons. The molecule has 3 N–H and O–H groups in total. The molecule has 0 bridgehead atoms. The van der Waals surface area contributed by atoms with Crippen LogP contribution in [-0.2, 0) is 37.0 Å². The Hall–Kier alpha value is -3.60. The fourth-order valence-electron chi connectivity index (χ4n) is 5.38. The van der Waals surface area contributed by atoms with Crippen molar-refractivity contribution in [3.05, 3.63) is 107 Å². The number of amides is 1. The molecule has 3 aromatic rings. The maximum absolute atomic E-state index is 12.2. The Bertz CT molecular complexity index is 1350. The molecule has 3 aromatic carbocycles. The predicted molar refractivity (Wildman–Crippen MR) is 166 cm³/mol. The number of nitrogens with zero attached hydrogens (tertiary/aromatic N) is 1. The second-order valence-electron chi connectivity index (χ2n) is 11.6. The van der Waals surface area contributed by atoms with Crippen LogP contribution in [0, 0.1) is 5.92 Å².